The molecule has 0 spiro atoms. The first-order valence-electron chi connectivity index (χ1n) is 3.14. The zero-order valence-electron chi connectivity index (χ0n) is 5.13. The first-order valence-corrected chi connectivity index (χ1v) is 3.14. The molecule has 1 saturated heterocycles. The third kappa shape index (κ3) is 1.20. The molecule has 0 radical (unpaired) electrons. The van der Waals surface area contributed by atoms with Crippen molar-refractivity contribution in [1.82, 2.24) is 0 Å². The molecule has 0 aromatic carbocycles. The maximum atomic E-state index is 8.41. The summed E-state index contributed by atoms with van der Waals surface area (Å²) in [6, 6.07) is 0. The Labute approximate surface area is 49.5 Å². The highest BCUT2D eigenvalue weighted by Gasteiger charge is 2.35. The molecule has 2 heteroatoms. The van der Waals surface area contributed by atoms with E-state index in [9.17, 15) is 0 Å². The lowest BCUT2D eigenvalue weighted by atomic mass is 10.2. The average Bonchev–Trinajstić information content (AvgIpc) is 2.48. The number of hydrogen-bond acceptors (Lipinski definition) is 2. The predicted molar refractivity (Wildman–Crippen MR) is 30.7 cm³/mol. The van der Waals surface area contributed by atoms with Crippen LogP contribution < -0.4 is 0 Å². The third-order valence-electron chi connectivity index (χ3n) is 1.50. The number of hydrogen-bond donors (Lipinski definition) is 1. The van der Waals surface area contributed by atoms with Crippen LogP contribution in [0.5, 0.6) is 0 Å². The van der Waals surface area contributed by atoms with E-state index in [0.29, 0.717) is 12.2 Å². The lowest BCUT2D eigenvalue weighted by molar-refractivity contribution is 0.262. The molecule has 1 fully saturated rings. The molecule has 1 aliphatic rings. The third-order valence-corrected chi connectivity index (χ3v) is 1.50. The average molecular weight is 116 g/mol. The molecule has 48 valence electrons. The minimum Gasteiger partial charge on any atom is -0.396 e. The molecule has 8 heavy (non-hydrogen) atoms. The molecule has 1 aliphatic heterocycles. The highest BCUT2D eigenvalue weighted by atomic mass is 16.6. The van der Waals surface area contributed by atoms with Gasteiger partial charge < -0.3 is 9.84 Å². The Bertz CT molecular complexity index is 72.9. The summed E-state index contributed by atoms with van der Waals surface area (Å²) >= 11 is 0. The normalized spacial score (nSPS) is 35.2. The summed E-state index contributed by atoms with van der Waals surface area (Å²) in [5, 5.41) is 8.41. The maximum Gasteiger partial charge on any atom is 0.0863 e. The fourth-order valence-electron chi connectivity index (χ4n) is 0.919. The molecule has 0 unspecified atom stereocenters. The van der Waals surface area contributed by atoms with E-state index in [4.69, 9.17) is 9.84 Å². The summed E-state index contributed by atoms with van der Waals surface area (Å²) in [7, 11) is 0. The first kappa shape index (κ1) is 6.05. The largest absolute Gasteiger partial charge is 0.396 e. The number of ether oxygens (including phenoxy) is 1. The molecule has 0 bridgehead atoms. The van der Waals surface area contributed by atoms with Crippen LogP contribution in [0.2, 0.25) is 0 Å². The SMILES string of the molecule is CC[C@H]1O[C@@H]1CCO. The molecule has 0 amide bonds. The number of aliphatic hydroxyl groups excluding tert-OH is 1. The monoisotopic (exact) mass is 116 g/mol. The van der Waals surface area contributed by atoms with E-state index in [1.54, 1.807) is 0 Å². The Morgan fingerprint density at radius 3 is 2.62 bits per heavy atom. The van der Waals surface area contributed by atoms with Crippen LogP contribution in [0.25, 0.3) is 0 Å². The van der Waals surface area contributed by atoms with Crippen molar-refractivity contribution in [2.24, 2.45) is 0 Å². The van der Waals surface area contributed by atoms with Crippen LogP contribution in [0.3, 0.4) is 0 Å². The lowest BCUT2D eigenvalue weighted by Gasteiger charge is -1.84. The van der Waals surface area contributed by atoms with Crippen molar-refractivity contribution in [2.45, 2.75) is 32.0 Å². The second-order valence-corrected chi connectivity index (χ2v) is 2.13. The van der Waals surface area contributed by atoms with Crippen molar-refractivity contribution in [3.8, 4) is 0 Å². The molecule has 2 atom stereocenters. The van der Waals surface area contributed by atoms with Crippen LogP contribution in [0.1, 0.15) is 19.8 Å². The van der Waals surface area contributed by atoms with Crippen molar-refractivity contribution >= 4 is 0 Å². The quantitative estimate of drug-likeness (QED) is 0.546. The van der Waals surface area contributed by atoms with Crippen LogP contribution in [0, 0.1) is 0 Å². The number of rotatable bonds is 3. The predicted octanol–water partition coefficient (Wildman–Crippen LogP) is 0.546. The zero-order chi connectivity index (χ0) is 5.98. The van der Waals surface area contributed by atoms with E-state index in [1.807, 2.05) is 0 Å². The highest BCUT2D eigenvalue weighted by molar-refractivity contribution is 4.82. The van der Waals surface area contributed by atoms with Crippen molar-refractivity contribution in [3.63, 3.8) is 0 Å². The van der Waals surface area contributed by atoms with Gasteiger partial charge in [0, 0.05) is 6.61 Å². The molecule has 0 aromatic heterocycles. The molecule has 0 saturated carbocycles. The standard InChI is InChI=1S/C6H12O2/c1-2-5-6(8-5)3-4-7/h5-7H,2-4H2,1H3/t5-,6-/m1/s1. The maximum absolute atomic E-state index is 8.41. The van der Waals surface area contributed by atoms with Gasteiger partial charge in [-0.05, 0) is 12.8 Å². The molecular weight excluding hydrogens is 104 g/mol. The summed E-state index contributed by atoms with van der Waals surface area (Å²) in [4.78, 5) is 0. The van der Waals surface area contributed by atoms with Gasteiger partial charge in [0.15, 0.2) is 0 Å². The van der Waals surface area contributed by atoms with Crippen LogP contribution in [-0.4, -0.2) is 23.9 Å². The number of epoxide rings is 1. The summed E-state index contributed by atoms with van der Waals surface area (Å²) in [6.45, 7) is 2.36. The molecular formula is C6H12O2. The zero-order valence-corrected chi connectivity index (χ0v) is 5.13. The van der Waals surface area contributed by atoms with Gasteiger partial charge in [-0.15, -0.1) is 0 Å². The van der Waals surface area contributed by atoms with Gasteiger partial charge in [-0.2, -0.15) is 0 Å². The van der Waals surface area contributed by atoms with E-state index in [1.165, 1.54) is 0 Å². The topological polar surface area (TPSA) is 32.8 Å². The first-order chi connectivity index (χ1) is 3.88. The van der Waals surface area contributed by atoms with Crippen molar-refractivity contribution < 1.29 is 9.84 Å². The summed E-state index contributed by atoms with van der Waals surface area (Å²) in [5.74, 6) is 0. The van der Waals surface area contributed by atoms with Gasteiger partial charge >= 0.3 is 0 Å². The molecule has 1 heterocycles. The van der Waals surface area contributed by atoms with E-state index >= 15 is 0 Å². The van der Waals surface area contributed by atoms with Gasteiger partial charge in [-0.25, -0.2) is 0 Å². The van der Waals surface area contributed by atoms with E-state index < -0.39 is 0 Å². The molecule has 1 rings (SSSR count). The Hall–Kier alpha value is -0.0800. The van der Waals surface area contributed by atoms with Gasteiger partial charge in [0.05, 0.1) is 12.2 Å². The number of aliphatic hydroxyl groups is 1. The van der Waals surface area contributed by atoms with Crippen LogP contribution >= 0.6 is 0 Å². The fourth-order valence-corrected chi connectivity index (χ4v) is 0.919. The van der Waals surface area contributed by atoms with E-state index in [0.717, 1.165) is 12.8 Å². The van der Waals surface area contributed by atoms with Gasteiger partial charge in [-0.3, -0.25) is 0 Å². The Balaban J connectivity index is 1.99. The minimum atomic E-state index is 0.265. The van der Waals surface area contributed by atoms with Crippen molar-refractivity contribution in [3.05, 3.63) is 0 Å². The smallest absolute Gasteiger partial charge is 0.0863 e. The van der Waals surface area contributed by atoms with Crippen LogP contribution in [0.4, 0.5) is 0 Å². The Kier molecular flexibility index (Phi) is 1.86. The van der Waals surface area contributed by atoms with Gasteiger partial charge in [0.2, 0.25) is 0 Å². The second kappa shape index (κ2) is 2.46. The van der Waals surface area contributed by atoms with E-state index in [-0.39, 0.29) is 6.61 Å². The van der Waals surface area contributed by atoms with Gasteiger partial charge in [0.25, 0.3) is 0 Å². The molecule has 0 aliphatic carbocycles. The molecule has 2 nitrogen and oxygen atoms in total. The van der Waals surface area contributed by atoms with Gasteiger partial charge in [0.1, 0.15) is 0 Å². The second-order valence-electron chi connectivity index (χ2n) is 2.13. The van der Waals surface area contributed by atoms with Crippen molar-refractivity contribution in [2.75, 3.05) is 6.61 Å². The van der Waals surface area contributed by atoms with Gasteiger partial charge in [-0.1, -0.05) is 6.92 Å². The summed E-state index contributed by atoms with van der Waals surface area (Å²) in [6.07, 6.45) is 2.75. The molecule has 1 N–H and O–H groups in total. The Morgan fingerprint density at radius 1 is 1.50 bits per heavy atom. The van der Waals surface area contributed by atoms with E-state index in [2.05, 4.69) is 6.92 Å². The molecule has 0 aromatic rings. The highest BCUT2D eigenvalue weighted by Crippen LogP contribution is 2.27. The van der Waals surface area contributed by atoms with Crippen LogP contribution in [-0.2, 0) is 4.74 Å². The Morgan fingerprint density at radius 2 is 2.25 bits per heavy atom. The fraction of sp³-hybridized carbons (Fsp3) is 1.00. The minimum absolute atomic E-state index is 0.265. The summed E-state index contributed by atoms with van der Waals surface area (Å²) in [5.41, 5.74) is 0. The summed E-state index contributed by atoms with van der Waals surface area (Å²) < 4.78 is 5.15. The lowest BCUT2D eigenvalue weighted by Crippen LogP contribution is -1.94. The van der Waals surface area contributed by atoms with Crippen LogP contribution in [0.15, 0.2) is 0 Å². The van der Waals surface area contributed by atoms with Crippen molar-refractivity contribution in [1.29, 1.82) is 0 Å².